The molecule has 2 rings (SSSR count). The summed E-state index contributed by atoms with van der Waals surface area (Å²) in [5.41, 5.74) is 2.38. The van der Waals surface area contributed by atoms with Crippen molar-refractivity contribution in [2.24, 2.45) is 0 Å². The first kappa shape index (κ1) is 9.91. The van der Waals surface area contributed by atoms with E-state index in [1.807, 2.05) is 13.8 Å². The van der Waals surface area contributed by atoms with E-state index in [4.69, 9.17) is 5.26 Å². The number of anilines is 1. The van der Waals surface area contributed by atoms with E-state index in [1.54, 1.807) is 0 Å². The van der Waals surface area contributed by atoms with Crippen molar-refractivity contribution in [1.82, 2.24) is 10.2 Å². The highest BCUT2D eigenvalue weighted by atomic mass is 15.2. The molecular formula is C11H14N4. The van der Waals surface area contributed by atoms with E-state index in [9.17, 15) is 0 Å². The van der Waals surface area contributed by atoms with Crippen molar-refractivity contribution in [3.63, 3.8) is 0 Å². The zero-order valence-corrected chi connectivity index (χ0v) is 9.04. The molecule has 0 radical (unpaired) electrons. The number of nitrogens with zero attached hydrogens (tertiary/aromatic N) is 3. The van der Waals surface area contributed by atoms with Gasteiger partial charge in [-0.05, 0) is 38.7 Å². The molecule has 1 saturated carbocycles. The molecule has 0 bridgehead atoms. The summed E-state index contributed by atoms with van der Waals surface area (Å²) >= 11 is 0. The van der Waals surface area contributed by atoms with Crippen LogP contribution in [0.5, 0.6) is 0 Å². The molecule has 1 N–H and O–H groups in total. The van der Waals surface area contributed by atoms with Crippen molar-refractivity contribution in [3.8, 4) is 6.07 Å². The molecule has 78 valence electrons. The zero-order chi connectivity index (χ0) is 10.8. The van der Waals surface area contributed by atoms with Crippen molar-refractivity contribution < 1.29 is 0 Å². The molecule has 0 aliphatic heterocycles. The van der Waals surface area contributed by atoms with E-state index in [0.29, 0.717) is 17.4 Å². The summed E-state index contributed by atoms with van der Waals surface area (Å²) in [6.07, 6.45) is 3.59. The van der Waals surface area contributed by atoms with Crippen molar-refractivity contribution in [1.29, 1.82) is 5.26 Å². The Bertz CT molecular complexity index is 415. The first-order valence-corrected chi connectivity index (χ1v) is 5.23. The number of aromatic nitrogens is 2. The van der Waals surface area contributed by atoms with Crippen LogP contribution in [-0.4, -0.2) is 16.2 Å². The highest BCUT2D eigenvalue weighted by Gasteiger charge is 2.20. The van der Waals surface area contributed by atoms with E-state index in [2.05, 4.69) is 21.6 Å². The third-order valence-corrected chi connectivity index (χ3v) is 3.01. The SMILES string of the molecule is Cc1nnc(NC2CCC2)c(C#N)c1C. The molecule has 1 aromatic rings. The maximum absolute atomic E-state index is 9.07. The van der Waals surface area contributed by atoms with Crippen LogP contribution in [0.25, 0.3) is 0 Å². The van der Waals surface area contributed by atoms with E-state index < -0.39 is 0 Å². The van der Waals surface area contributed by atoms with E-state index in [1.165, 1.54) is 19.3 Å². The van der Waals surface area contributed by atoms with Gasteiger partial charge < -0.3 is 5.32 Å². The van der Waals surface area contributed by atoms with Crippen LogP contribution >= 0.6 is 0 Å². The molecule has 0 amide bonds. The fourth-order valence-corrected chi connectivity index (χ4v) is 1.59. The van der Waals surface area contributed by atoms with E-state index in [0.717, 1.165) is 11.3 Å². The predicted molar refractivity (Wildman–Crippen MR) is 57.5 cm³/mol. The van der Waals surface area contributed by atoms with Gasteiger partial charge in [-0.25, -0.2) is 0 Å². The molecule has 0 atom stereocenters. The minimum absolute atomic E-state index is 0.480. The highest BCUT2D eigenvalue weighted by molar-refractivity contribution is 5.56. The molecule has 0 aromatic carbocycles. The molecule has 1 aliphatic rings. The molecular weight excluding hydrogens is 188 g/mol. The van der Waals surface area contributed by atoms with Gasteiger partial charge in [-0.2, -0.15) is 10.4 Å². The number of hydrogen-bond acceptors (Lipinski definition) is 4. The molecule has 1 aromatic heterocycles. The average Bonchev–Trinajstić information content (AvgIpc) is 2.17. The summed E-state index contributed by atoms with van der Waals surface area (Å²) in [5.74, 6) is 0.644. The summed E-state index contributed by atoms with van der Waals surface area (Å²) in [6.45, 7) is 3.78. The minimum Gasteiger partial charge on any atom is -0.365 e. The Balaban J connectivity index is 2.30. The van der Waals surface area contributed by atoms with Gasteiger partial charge >= 0.3 is 0 Å². The Morgan fingerprint density at radius 2 is 2.07 bits per heavy atom. The lowest BCUT2D eigenvalue weighted by molar-refractivity contribution is 0.444. The van der Waals surface area contributed by atoms with Gasteiger partial charge in [0, 0.05) is 6.04 Å². The quantitative estimate of drug-likeness (QED) is 0.796. The Morgan fingerprint density at radius 3 is 2.60 bits per heavy atom. The average molecular weight is 202 g/mol. The molecule has 4 heteroatoms. The molecule has 0 saturated heterocycles. The minimum atomic E-state index is 0.480. The smallest absolute Gasteiger partial charge is 0.167 e. The maximum Gasteiger partial charge on any atom is 0.167 e. The van der Waals surface area contributed by atoms with Gasteiger partial charge in [-0.3, -0.25) is 0 Å². The Hall–Kier alpha value is -1.63. The number of hydrogen-bond donors (Lipinski definition) is 1. The summed E-state index contributed by atoms with van der Waals surface area (Å²) in [5, 5.41) is 20.4. The summed E-state index contributed by atoms with van der Waals surface area (Å²) in [6, 6.07) is 2.67. The predicted octanol–water partition coefficient (Wildman–Crippen LogP) is 1.93. The maximum atomic E-state index is 9.07. The Kier molecular flexibility index (Phi) is 2.55. The van der Waals surface area contributed by atoms with Crippen LogP contribution in [-0.2, 0) is 0 Å². The van der Waals surface area contributed by atoms with Crippen LogP contribution < -0.4 is 5.32 Å². The van der Waals surface area contributed by atoms with Crippen molar-refractivity contribution in [3.05, 3.63) is 16.8 Å². The first-order chi connectivity index (χ1) is 7.22. The van der Waals surface area contributed by atoms with Crippen LogP contribution in [0.3, 0.4) is 0 Å². The van der Waals surface area contributed by atoms with Gasteiger partial charge in [0.1, 0.15) is 11.6 Å². The standard InChI is InChI=1S/C11H14N4/c1-7-8(2)14-15-11(10(7)6-12)13-9-4-3-5-9/h9H,3-5H2,1-2H3,(H,13,15). The van der Waals surface area contributed by atoms with E-state index >= 15 is 0 Å². The molecule has 0 spiro atoms. The molecule has 1 aliphatic carbocycles. The number of rotatable bonds is 2. The monoisotopic (exact) mass is 202 g/mol. The summed E-state index contributed by atoms with van der Waals surface area (Å²) in [4.78, 5) is 0. The van der Waals surface area contributed by atoms with Gasteiger partial charge in [0.05, 0.1) is 5.69 Å². The summed E-state index contributed by atoms with van der Waals surface area (Å²) < 4.78 is 0. The van der Waals surface area contributed by atoms with E-state index in [-0.39, 0.29) is 0 Å². The lowest BCUT2D eigenvalue weighted by Gasteiger charge is -2.27. The van der Waals surface area contributed by atoms with Gasteiger partial charge in [0.15, 0.2) is 5.82 Å². The van der Waals surface area contributed by atoms with Crippen LogP contribution in [0, 0.1) is 25.2 Å². The van der Waals surface area contributed by atoms with Gasteiger partial charge in [-0.15, -0.1) is 5.10 Å². The lowest BCUT2D eigenvalue weighted by atomic mass is 9.93. The van der Waals surface area contributed by atoms with Gasteiger partial charge in [-0.1, -0.05) is 0 Å². The second-order valence-electron chi connectivity index (χ2n) is 4.02. The summed E-state index contributed by atoms with van der Waals surface area (Å²) in [7, 11) is 0. The Morgan fingerprint density at radius 1 is 1.33 bits per heavy atom. The second kappa shape index (κ2) is 3.85. The van der Waals surface area contributed by atoms with Gasteiger partial charge in [0.2, 0.25) is 0 Å². The molecule has 15 heavy (non-hydrogen) atoms. The molecule has 4 nitrogen and oxygen atoms in total. The number of nitriles is 1. The number of nitrogens with one attached hydrogen (secondary N) is 1. The molecule has 1 fully saturated rings. The zero-order valence-electron chi connectivity index (χ0n) is 9.04. The normalized spacial score (nSPS) is 15.5. The van der Waals surface area contributed by atoms with Crippen LogP contribution in [0.1, 0.15) is 36.1 Å². The lowest BCUT2D eigenvalue weighted by Crippen LogP contribution is -2.28. The molecule has 0 unspecified atom stereocenters. The van der Waals surface area contributed by atoms with Crippen LogP contribution in [0.15, 0.2) is 0 Å². The fraction of sp³-hybridized carbons (Fsp3) is 0.545. The highest BCUT2D eigenvalue weighted by Crippen LogP contribution is 2.25. The fourth-order valence-electron chi connectivity index (χ4n) is 1.59. The van der Waals surface area contributed by atoms with Gasteiger partial charge in [0.25, 0.3) is 0 Å². The largest absolute Gasteiger partial charge is 0.365 e. The topological polar surface area (TPSA) is 61.6 Å². The first-order valence-electron chi connectivity index (χ1n) is 5.23. The van der Waals surface area contributed by atoms with Crippen molar-refractivity contribution in [2.75, 3.05) is 5.32 Å². The third-order valence-electron chi connectivity index (χ3n) is 3.01. The van der Waals surface area contributed by atoms with Crippen LogP contribution in [0.4, 0.5) is 5.82 Å². The van der Waals surface area contributed by atoms with Crippen molar-refractivity contribution in [2.45, 2.75) is 39.2 Å². The Labute approximate surface area is 89.3 Å². The van der Waals surface area contributed by atoms with Crippen molar-refractivity contribution >= 4 is 5.82 Å². The number of aryl methyl sites for hydroxylation is 1. The molecule has 1 heterocycles. The van der Waals surface area contributed by atoms with Crippen LogP contribution in [0.2, 0.25) is 0 Å². The second-order valence-corrected chi connectivity index (χ2v) is 4.02. The third kappa shape index (κ3) is 1.78.